The van der Waals surface area contributed by atoms with Crippen molar-refractivity contribution in [1.82, 2.24) is 14.7 Å². The second-order valence-corrected chi connectivity index (χ2v) is 9.16. The first-order valence-electron chi connectivity index (χ1n) is 10.1. The molecule has 30 heavy (non-hydrogen) atoms. The fourth-order valence-corrected chi connectivity index (χ4v) is 4.69. The van der Waals surface area contributed by atoms with E-state index >= 15 is 0 Å². The van der Waals surface area contributed by atoms with Gasteiger partial charge in [0.2, 0.25) is 0 Å². The Labute approximate surface area is 194 Å². The number of nitrogens with zero attached hydrogens (tertiary/aromatic N) is 3. The van der Waals surface area contributed by atoms with E-state index in [9.17, 15) is 4.79 Å². The normalized spacial score (nSPS) is 14.2. The third kappa shape index (κ3) is 4.16. The lowest BCUT2D eigenvalue weighted by atomic mass is 10.0. The summed E-state index contributed by atoms with van der Waals surface area (Å²) in [5.41, 5.74) is 3.99. The van der Waals surface area contributed by atoms with Crippen LogP contribution in [0.3, 0.4) is 0 Å². The standard InChI is InChI=1S/C23H22BrCl2N3O/c1-2-18-21(23(30)28-12-4-3-5-13-28)27-29(20-11-10-17(25)14-19(20)26)22(18)15-6-8-16(24)9-7-15/h6-11,14H,2-5,12-13H2,1H3. The van der Waals surface area contributed by atoms with Crippen LogP contribution in [-0.4, -0.2) is 33.7 Å². The summed E-state index contributed by atoms with van der Waals surface area (Å²) in [5.74, 6) is -0.00579. The molecule has 1 saturated heterocycles. The Balaban J connectivity index is 1.92. The van der Waals surface area contributed by atoms with Gasteiger partial charge in [-0.25, -0.2) is 4.68 Å². The van der Waals surface area contributed by atoms with Crippen molar-refractivity contribution in [3.8, 4) is 16.9 Å². The Kier molecular flexibility index (Phi) is 6.51. The Morgan fingerprint density at radius 1 is 1.07 bits per heavy atom. The van der Waals surface area contributed by atoms with E-state index in [4.69, 9.17) is 28.3 Å². The number of carbonyl (C=O) groups excluding carboxylic acids is 1. The Bertz CT molecular complexity index is 1070. The van der Waals surface area contributed by atoms with Crippen LogP contribution in [0.4, 0.5) is 0 Å². The number of halogens is 3. The molecule has 1 fully saturated rings. The molecule has 1 amide bonds. The fraction of sp³-hybridized carbons (Fsp3) is 0.304. The number of likely N-dealkylation sites (tertiary alicyclic amines) is 1. The number of carbonyl (C=O) groups is 1. The van der Waals surface area contributed by atoms with E-state index in [1.165, 1.54) is 6.42 Å². The summed E-state index contributed by atoms with van der Waals surface area (Å²) < 4.78 is 2.78. The fourth-order valence-electron chi connectivity index (χ4n) is 3.94. The molecule has 0 aliphatic carbocycles. The molecular formula is C23H22BrCl2N3O. The average Bonchev–Trinajstić information content (AvgIpc) is 3.13. The highest BCUT2D eigenvalue weighted by atomic mass is 79.9. The zero-order valence-corrected chi connectivity index (χ0v) is 19.8. The monoisotopic (exact) mass is 505 g/mol. The molecule has 4 nitrogen and oxygen atoms in total. The largest absolute Gasteiger partial charge is 0.337 e. The van der Waals surface area contributed by atoms with Crippen molar-refractivity contribution in [2.45, 2.75) is 32.6 Å². The second-order valence-electron chi connectivity index (χ2n) is 7.40. The zero-order chi connectivity index (χ0) is 21.3. The Morgan fingerprint density at radius 2 is 1.77 bits per heavy atom. The minimum Gasteiger partial charge on any atom is -0.337 e. The number of benzene rings is 2. The highest BCUT2D eigenvalue weighted by Crippen LogP contribution is 2.34. The van der Waals surface area contributed by atoms with E-state index in [1.54, 1.807) is 16.8 Å². The van der Waals surface area contributed by atoms with Gasteiger partial charge < -0.3 is 4.90 Å². The summed E-state index contributed by atoms with van der Waals surface area (Å²) in [6.07, 6.45) is 3.93. The molecule has 0 N–H and O–H groups in total. The van der Waals surface area contributed by atoms with Gasteiger partial charge >= 0.3 is 0 Å². The molecule has 1 aliphatic heterocycles. The van der Waals surface area contributed by atoms with Crippen molar-refractivity contribution in [3.63, 3.8) is 0 Å². The maximum atomic E-state index is 13.4. The number of rotatable bonds is 4. The van der Waals surface area contributed by atoms with Crippen molar-refractivity contribution in [3.05, 3.63) is 68.2 Å². The predicted molar refractivity (Wildman–Crippen MR) is 126 cm³/mol. The third-order valence-corrected chi connectivity index (χ3v) is 6.50. The summed E-state index contributed by atoms with van der Waals surface area (Å²) in [5, 5.41) is 5.85. The van der Waals surface area contributed by atoms with Crippen LogP contribution in [0.5, 0.6) is 0 Å². The Hall–Kier alpha value is -1.82. The summed E-state index contributed by atoms with van der Waals surface area (Å²) in [4.78, 5) is 15.3. The molecule has 1 aliphatic rings. The van der Waals surface area contributed by atoms with Crippen LogP contribution in [0.25, 0.3) is 16.9 Å². The lowest BCUT2D eigenvalue weighted by Crippen LogP contribution is -2.36. The van der Waals surface area contributed by atoms with E-state index in [2.05, 4.69) is 22.9 Å². The van der Waals surface area contributed by atoms with E-state index in [0.29, 0.717) is 27.8 Å². The van der Waals surface area contributed by atoms with Crippen molar-refractivity contribution >= 4 is 45.0 Å². The van der Waals surface area contributed by atoms with Gasteiger partial charge in [-0.3, -0.25) is 4.79 Å². The van der Waals surface area contributed by atoms with Crippen LogP contribution in [-0.2, 0) is 6.42 Å². The molecule has 0 saturated carbocycles. The van der Waals surface area contributed by atoms with Gasteiger partial charge in [-0.1, -0.05) is 58.2 Å². The molecular weight excluding hydrogens is 485 g/mol. The van der Waals surface area contributed by atoms with Crippen LogP contribution in [0.1, 0.15) is 42.2 Å². The number of aromatic nitrogens is 2. The lowest BCUT2D eigenvalue weighted by Gasteiger charge is -2.26. The molecule has 2 heterocycles. The number of hydrogen-bond donors (Lipinski definition) is 0. The van der Waals surface area contributed by atoms with Gasteiger partial charge in [0.15, 0.2) is 5.69 Å². The van der Waals surface area contributed by atoms with Crippen molar-refractivity contribution in [2.24, 2.45) is 0 Å². The molecule has 2 aromatic carbocycles. The highest BCUT2D eigenvalue weighted by Gasteiger charge is 2.28. The molecule has 0 unspecified atom stereocenters. The molecule has 4 rings (SSSR count). The van der Waals surface area contributed by atoms with Crippen LogP contribution < -0.4 is 0 Å². The van der Waals surface area contributed by atoms with Crippen LogP contribution in [0.2, 0.25) is 10.0 Å². The highest BCUT2D eigenvalue weighted by molar-refractivity contribution is 9.10. The van der Waals surface area contributed by atoms with Crippen molar-refractivity contribution in [2.75, 3.05) is 13.1 Å². The second kappa shape index (κ2) is 9.13. The van der Waals surface area contributed by atoms with Crippen molar-refractivity contribution < 1.29 is 4.79 Å². The molecule has 0 radical (unpaired) electrons. The lowest BCUT2D eigenvalue weighted by molar-refractivity contribution is 0.0717. The maximum Gasteiger partial charge on any atom is 0.274 e. The number of piperidine rings is 1. The quantitative estimate of drug-likeness (QED) is 0.390. The van der Waals surface area contributed by atoms with Crippen molar-refractivity contribution in [1.29, 1.82) is 0 Å². The first-order valence-corrected chi connectivity index (χ1v) is 11.7. The third-order valence-electron chi connectivity index (χ3n) is 5.44. The molecule has 7 heteroatoms. The molecule has 1 aromatic heterocycles. The van der Waals surface area contributed by atoms with Gasteiger partial charge in [0.05, 0.1) is 16.4 Å². The summed E-state index contributed by atoms with van der Waals surface area (Å²) in [7, 11) is 0. The summed E-state index contributed by atoms with van der Waals surface area (Å²) in [6.45, 7) is 3.62. The number of amides is 1. The molecule has 156 valence electrons. The van der Waals surface area contributed by atoms with Crippen LogP contribution in [0, 0.1) is 0 Å². The van der Waals surface area contributed by atoms with Gasteiger partial charge in [0.1, 0.15) is 0 Å². The Morgan fingerprint density at radius 3 is 2.40 bits per heavy atom. The summed E-state index contributed by atoms with van der Waals surface area (Å²) >= 11 is 16.1. The van der Waals surface area contributed by atoms with Gasteiger partial charge in [-0.05, 0) is 56.0 Å². The van der Waals surface area contributed by atoms with E-state index in [-0.39, 0.29) is 5.91 Å². The van der Waals surface area contributed by atoms with Crippen LogP contribution in [0.15, 0.2) is 46.9 Å². The average molecular weight is 507 g/mol. The first-order chi connectivity index (χ1) is 14.5. The van der Waals surface area contributed by atoms with E-state index in [0.717, 1.165) is 47.2 Å². The molecule has 0 bridgehead atoms. The van der Waals surface area contributed by atoms with Gasteiger partial charge in [-0.15, -0.1) is 0 Å². The van der Waals surface area contributed by atoms with Gasteiger partial charge in [0.25, 0.3) is 5.91 Å². The van der Waals surface area contributed by atoms with E-state index < -0.39 is 0 Å². The first kappa shape index (κ1) is 21.4. The predicted octanol–water partition coefficient (Wildman–Crippen LogP) is 6.80. The topological polar surface area (TPSA) is 38.1 Å². The minimum atomic E-state index is -0.00579. The zero-order valence-electron chi connectivity index (χ0n) is 16.7. The molecule has 3 aromatic rings. The molecule has 0 atom stereocenters. The number of hydrogen-bond acceptors (Lipinski definition) is 2. The molecule has 0 spiro atoms. The van der Waals surface area contributed by atoms with Gasteiger partial charge in [0, 0.05) is 33.7 Å². The maximum absolute atomic E-state index is 13.4. The smallest absolute Gasteiger partial charge is 0.274 e. The summed E-state index contributed by atoms with van der Waals surface area (Å²) in [6, 6.07) is 13.3. The minimum absolute atomic E-state index is 0.00579. The SMILES string of the molecule is CCc1c(C(=O)N2CCCCC2)nn(-c2ccc(Cl)cc2Cl)c1-c1ccc(Br)cc1. The van der Waals surface area contributed by atoms with Gasteiger partial charge in [-0.2, -0.15) is 5.10 Å². The van der Waals surface area contributed by atoms with E-state index in [1.807, 2.05) is 35.2 Å². The van der Waals surface area contributed by atoms with Crippen LogP contribution >= 0.6 is 39.1 Å².